The third-order valence-corrected chi connectivity index (χ3v) is 3.89. The van der Waals surface area contributed by atoms with E-state index in [9.17, 15) is 14.0 Å². The fourth-order valence-electron chi connectivity index (χ4n) is 2.81. The predicted molar refractivity (Wildman–Crippen MR) is 82.6 cm³/mol. The minimum atomic E-state index is -0.412. The second-order valence-electron chi connectivity index (χ2n) is 5.62. The number of aromatic amines is 1. The Morgan fingerprint density at radius 2 is 2.35 bits per heavy atom. The van der Waals surface area contributed by atoms with Gasteiger partial charge in [-0.1, -0.05) is 6.07 Å². The van der Waals surface area contributed by atoms with Gasteiger partial charge in [-0.05, 0) is 31.0 Å². The van der Waals surface area contributed by atoms with Crippen LogP contribution < -0.4 is 15.9 Å². The Labute approximate surface area is 132 Å². The molecule has 0 unspecified atom stereocenters. The maximum absolute atomic E-state index is 13.3. The number of H-pyrrole nitrogens is 1. The highest BCUT2D eigenvalue weighted by Gasteiger charge is 2.22. The van der Waals surface area contributed by atoms with Crippen molar-refractivity contribution in [1.82, 2.24) is 20.1 Å². The highest BCUT2D eigenvalue weighted by Crippen LogP contribution is 2.20. The van der Waals surface area contributed by atoms with Gasteiger partial charge in [0.15, 0.2) is 0 Å². The number of benzene rings is 1. The molecule has 0 bridgehead atoms. The molecular formula is C15H18FN5O2. The number of carbonyl (C=O) groups excluding carboxylic acids is 1. The van der Waals surface area contributed by atoms with Crippen LogP contribution in [0.5, 0.6) is 0 Å². The van der Waals surface area contributed by atoms with E-state index in [4.69, 9.17) is 0 Å². The number of amides is 1. The molecule has 0 spiro atoms. The molecule has 122 valence electrons. The monoisotopic (exact) mass is 319 g/mol. The molecule has 2 heterocycles. The standard InChI is InChI=1S/C15H18FN5O2/c16-11-3-1-5-13(7-11)20-6-2-4-12(8-20)18-14(22)9-21-10-17-19-15(21)23/h1,3,5,7,10,12H,2,4,6,8-9H2,(H,18,22)(H,19,23)/t12-/m1/s1. The summed E-state index contributed by atoms with van der Waals surface area (Å²) in [5.41, 5.74) is 0.403. The summed E-state index contributed by atoms with van der Waals surface area (Å²) in [5.74, 6) is -0.507. The summed E-state index contributed by atoms with van der Waals surface area (Å²) in [6.07, 6.45) is 3.06. The zero-order valence-electron chi connectivity index (χ0n) is 12.5. The van der Waals surface area contributed by atoms with Gasteiger partial charge >= 0.3 is 5.69 Å². The van der Waals surface area contributed by atoms with Crippen LogP contribution in [0.15, 0.2) is 35.4 Å². The minimum Gasteiger partial charge on any atom is -0.369 e. The molecule has 0 aliphatic carbocycles. The van der Waals surface area contributed by atoms with Crippen molar-refractivity contribution < 1.29 is 9.18 Å². The van der Waals surface area contributed by atoms with Crippen LogP contribution in [0.2, 0.25) is 0 Å². The molecule has 1 amide bonds. The number of anilines is 1. The number of halogens is 1. The van der Waals surface area contributed by atoms with E-state index in [1.165, 1.54) is 23.0 Å². The van der Waals surface area contributed by atoms with E-state index in [0.717, 1.165) is 25.1 Å². The van der Waals surface area contributed by atoms with Crippen LogP contribution in [-0.4, -0.2) is 39.8 Å². The van der Waals surface area contributed by atoms with Crippen molar-refractivity contribution in [3.63, 3.8) is 0 Å². The summed E-state index contributed by atoms with van der Waals surface area (Å²) in [4.78, 5) is 25.4. The van der Waals surface area contributed by atoms with Crippen LogP contribution in [0, 0.1) is 5.82 Å². The number of piperidine rings is 1. The topological polar surface area (TPSA) is 83.0 Å². The Morgan fingerprint density at radius 3 is 3.09 bits per heavy atom. The van der Waals surface area contributed by atoms with Crippen molar-refractivity contribution in [2.75, 3.05) is 18.0 Å². The van der Waals surface area contributed by atoms with E-state index in [0.29, 0.717) is 6.54 Å². The smallest absolute Gasteiger partial charge is 0.343 e. The van der Waals surface area contributed by atoms with E-state index < -0.39 is 5.69 Å². The maximum atomic E-state index is 13.3. The SMILES string of the molecule is O=C(Cn1cn[nH]c1=O)N[C@@H]1CCCN(c2cccc(F)c2)C1. The lowest BCUT2D eigenvalue weighted by atomic mass is 10.0. The molecule has 23 heavy (non-hydrogen) atoms. The van der Waals surface area contributed by atoms with Crippen molar-refractivity contribution in [3.05, 3.63) is 46.9 Å². The molecule has 1 aliphatic rings. The summed E-state index contributed by atoms with van der Waals surface area (Å²) in [6.45, 7) is 1.39. The maximum Gasteiger partial charge on any atom is 0.343 e. The molecule has 1 aliphatic heterocycles. The highest BCUT2D eigenvalue weighted by molar-refractivity contribution is 5.76. The number of hydrogen-bond acceptors (Lipinski definition) is 4. The van der Waals surface area contributed by atoms with Crippen molar-refractivity contribution in [2.24, 2.45) is 0 Å². The fourth-order valence-corrected chi connectivity index (χ4v) is 2.81. The molecule has 1 aromatic heterocycles. The van der Waals surface area contributed by atoms with Crippen LogP contribution in [0.4, 0.5) is 10.1 Å². The van der Waals surface area contributed by atoms with E-state index in [2.05, 4.69) is 20.4 Å². The summed E-state index contributed by atoms with van der Waals surface area (Å²) in [7, 11) is 0. The molecule has 1 aromatic carbocycles. The summed E-state index contributed by atoms with van der Waals surface area (Å²) >= 11 is 0. The Bertz CT molecular complexity index is 741. The fraction of sp³-hybridized carbons (Fsp3) is 0.400. The van der Waals surface area contributed by atoms with E-state index in [1.54, 1.807) is 6.07 Å². The lowest BCUT2D eigenvalue weighted by Gasteiger charge is -2.34. The van der Waals surface area contributed by atoms with Crippen LogP contribution in [0.3, 0.4) is 0 Å². The third kappa shape index (κ3) is 3.77. The first-order valence-electron chi connectivity index (χ1n) is 7.51. The number of carbonyl (C=O) groups is 1. The molecule has 1 atom stereocenters. The zero-order valence-corrected chi connectivity index (χ0v) is 12.5. The van der Waals surface area contributed by atoms with Crippen LogP contribution >= 0.6 is 0 Å². The van der Waals surface area contributed by atoms with Gasteiger partial charge in [0, 0.05) is 24.8 Å². The van der Waals surface area contributed by atoms with E-state index >= 15 is 0 Å². The van der Waals surface area contributed by atoms with E-state index in [1.807, 2.05) is 6.07 Å². The molecule has 0 radical (unpaired) electrons. The molecule has 0 saturated carbocycles. The second kappa shape index (κ2) is 6.64. The number of hydrogen-bond donors (Lipinski definition) is 2. The Kier molecular flexibility index (Phi) is 4.40. The van der Waals surface area contributed by atoms with Crippen molar-refractivity contribution in [1.29, 1.82) is 0 Å². The van der Waals surface area contributed by atoms with Gasteiger partial charge in [0.25, 0.3) is 0 Å². The van der Waals surface area contributed by atoms with Crippen molar-refractivity contribution in [3.8, 4) is 0 Å². The zero-order chi connectivity index (χ0) is 16.2. The first-order valence-corrected chi connectivity index (χ1v) is 7.51. The molecular weight excluding hydrogens is 301 g/mol. The Balaban J connectivity index is 1.59. The van der Waals surface area contributed by atoms with Crippen molar-refractivity contribution in [2.45, 2.75) is 25.4 Å². The number of nitrogens with zero attached hydrogens (tertiary/aromatic N) is 3. The molecule has 1 saturated heterocycles. The molecule has 8 heteroatoms. The summed E-state index contributed by atoms with van der Waals surface area (Å²) in [5, 5.41) is 8.75. The lowest BCUT2D eigenvalue weighted by Crippen LogP contribution is -2.48. The largest absolute Gasteiger partial charge is 0.369 e. The van der Waals surface area contributed by atoms with Gasteiger partial charge in [-0.2, -0.15) is 5.10 Å². The summed E-state index contributed by atoms with van der Waals surface area (Å²) < 4.78 is 14.6. The average molecular weight is 319 g/mol. The Hall–Kier alpha value is -2.64. The lowest BCUT2D eigenvalue weighted by molar-refractivity contribution is -0.122. The highest BCUT2D eigenvalue weighted by atomic mass is 19.1. The minimum absolute atomic E-state index is 0.0258. The quantitative estimate of drug-likeness (QED) is 0.859. The number of aromatic nitrogens is 3. The third-order valence-electron chi connectivity index (χ3n) is 3.89. The normalized spacial score (nSPS) is 18.0. The first kappa shape index (κ1) is 15.3. The predicted octanol–water partition coefficient (Wildman–Crippen LogP) is 0.496. The number of nitrogens with one attached hydrogen (secondary N) is 2. The Morgan fingerprint density at radius 1 is 1.48 bits per heavy atom. The average Bonchev–Trinajstić information content (AvgIpc) is 2.92. The van der Waals surface area contributed by atoms with E-state index in [-0.39, 0.29) is 24.3 Å². The molecule has 7 nitrogen and oxygen atoms in total. The van der Waals surface area contributed by atoms with Crippen molar-refractivity contribution >= 4 is 11.6 Å². The van der Waals surface area contributed by atoms with Gasteiger partial charge in [-0.25, -0.2) is 14.3 Å². The molecule has 2 aromatic rings. The van der Waals surface area contributed by atoms with Crippen LogP contribution in [0.25, 0.3) is 0 Å². The number of rotatable bonds is 4. The van der Waals surface area contributed by atoms with Gasteiger partial charge in [0.05, 0.1) is 0 Å². The summed E-state index contributed by atoms with van der Waals surface area (Å²) in [6, 6.07) is 6.42. The van der Waals surface area contributed by atoms with Gasteiger partial charge in [-0.15, -0.1) is 0 Å². The second-order valence-corrected chi connectivity index (χ2v) is 5.62. The molecule has 2 N–H and O–H groups in total. The van der Waals surface area contributed by atoms with Gasteiger partial charge < -0.3 is 10.2 Å². The van der Waals surface area contributed by atoms with Gasteiger partial charge in [0.1, 0.15) is 18.7 Å². The van der Waals surface area contributed by atoms with Crippen LogP contribution in [-0.2, 0) is 11.3 Å². The molecule has 1 fully saturated rings. The van der Waals surface area contributed by atoms with Gasteiger partial charge in [-0.3, -0.25) is 9.36 Å². The first-order chi connectivity index (χ1) is 11.1. The molecule has 3 rings (SSSR count). The van der Waals surface area contributed by atoms with Gasteiger partial charge in [0.2, 0.25) is 5.91 Å². The van der Waals surface area contributed by atoms with Crippen LogP contribution in [0.1, 0.15) is 12.8 Å².